The van der Waals surface area contributed by atoms with Crippen LogP contribution in [0, 0.1) is 5.82 Å². The number of piperidine rings is 1. The van der Waals surface area contributed by atoms with Gasteiger partial charge in [0.05, 0.1) is 5.56 Å². The number of likely N-dealkylation sites (tertiary alicyclic amines) is 1. The molecule has 1 unspecified atom stereocenters. The van der Waals surface area contributed by atoms with E-state index in [4.69, 9.17) is 4.74 Å². The highest BCUT2D eigenvalue weighted by molar-refractivity contribution is 5.82. The number of aldehydes is 1. The highest BCUT2D eigenvalue weighted by atomic mass is 19.1. The molecule has 0 N–H and O–H groups in total. The van der Waals surface area contributed by atoms with Crippen LogP contribution in [0.25, 0.3) is 0 Å². The zero-order valence-corrected chi connectivity index (χ0v) is 11.5. The second-order valence-electron chi connectivity index (χ2n) is 4.92. The monoisotopic (exact) mass is 279 g/mol. The van der Waals surface area contributed by atoms with Crippen LogP contribution in [0.3, 0.4) is 0 Å². The van der Waals surface area contributed by atoms with Crippen molar-refractivity contribution < 1.29 is 18.7 Å². The van der Waals surface area contributed by atoms with E-state index in [2.05, 4.69) is 0 Å². The van der Waals surface area contributed by atoms with E-state index >= 15 is 0 Å². The van der Waals surface area contributed by atoms with Crippen molar-refractivity contribution in [2.24, 2.45) is 0 Å². The van der Waals surface area contributed by atoms with E-state index in [1.165, 1.54) is 18.2 Å². The van der Waals surface area contributed by atoms with Crippen molar-refractivity contribution in [3.8, 4) is 5.75 Å². The van der Waals surface area contributed by atoms with Crippen LogP contribution in [0.15, 0.2) is 18.2 Å². The summed E-state index contributed by atoms with van der Waals surface area (Å²) < 4.78 is 19.1. The molecule has 0 spiro atoms. The Bertz CT molecular complexity index is 498. The van der Waals surface area contributed by atoms with Gasteiger partial charge >= 0.3 is 0 Å². The number of amides is 1. The number of benzene rings is 1. The molecule has 0 saturated carbocycles. The summed E-state index contributed by atoms with van der Waals surface area (Å²) in [5, 5.41) is 0. The van der Waals surface area contributed by atoms with Crippen molar-refractivity contribution in [1.29, 1.82) is 0 Å². The molecule has 0 radical (unpaired) electrons. The summed E-state index contributed by atoms with van der Waals surface area (Å²) in [6.45, 7) is 3.01. The number of hydrogen-bond donors (Lipinski definition) is 0. The van der Waals surface area contributed by atoms with Gasteiger partial charge in [-0.15, -0.1) is 0 Å². The first kappa shape index (κ1) is 14.5. The van der Waals surface area contributed by atoms with Gasteiger partial charge in [-0.05, 0) is 38.3 Å². The van der Waals surface area contributed by atoms with Crippen molar-refractivity contribution in [2.75, 3.05) is 13.1 Å². The highest BCUT2D eigenvalue weighted by Gasteiger charge is 2.25. The van der Waals surface area contributed by atoms with Gasteiger partial charge in [0.25, 0.3) is 5.91 Å². The summed E-state index contributed by atoms with van der Waals surface area (Å²) in [7, 11) is 0. The van der Waals surface area contributed by atoms with Gasteiger partial charge in [-0.2, -0.15) is 0 Å². The highest BCUT2D eigenvalue weighted by Crippen LogP contribution is 2.23. The molecule has 1 heterocycles. The van der Waals surface area contributed by atoms with E-state index in [-0.39, 0.29) is 17.2 Å². The molecule has 1 aromatic rings. The molecular formula is C15H18FNO3. The molecule has 1 fully saturated rings. The quantitative estimate of drug-likeness (QED) is 0.795. The van der Waals surface area contributed by atoms with Crippen LogP contribution >= 0.6 is 0 Å². The minimum Gasteiger partial charge on any atom is -0.477 e. The molecular weight excluding hydrogens is 261 g/mol. The molecule has 4 nitrogen and oxygen atoms in total. The Morgan fingerprint density at radius 3 is 2.70 bits per heavy atom. The van der Waals surface area contributed by atoms with Crippen molar-refractivity contribution in [2.45, 2.75) is 32.3 Å². The van der Waals surface area contributed by atoms with Gasteiger partial charge in [0.1, 0.15) is 0 Å². The van der Waals surface area contributed by atoms with Crippen molar-refractivity contribution >= 4 is 12.2 Å². The van der Waals surface area contributed by atoms with Gasteiger partial charge in [-0.1, -0.05) is 6.07 Å². The summed E-state index contributed by atoms with van der Waals surface area (Å²) >= 11 is 0. The van der Waals surface area contributed by atoms with Crippen molar-refractivity contribution in [3.63, 3.8) is 0 Å². The van der Waals surface area contributed by atoms with Crippen LogP contribution in [-0.2, 0) is 4.79 Å². The van der Waals surface area contributed by atoms with E-state index < -0.39 is 11.9 Å². The van der Waals surface area contributed by atoms with Crippen LogP contribution in [0.2, 0.25) is 0 Å². The summed E-state index contributed by atoms with van der Waals surface area (Å²) in [6.07, 6.45) is 2.82. The van der Waals surface area contributed by atoms with Crippen LogP contribution in [0.1, 0.15) is 36.5 Å². The molecule has 1 aromatic carbocycles. The van der Waals surface area contributed by atoms with Gasteiger partial charge < -0.3 is 9.64 Å². The first-order chi connectivity index (χ1) is 9.63. The molecule has 0 aliphatic carbocycles. The molecule has 2 rings (SSSR count). The molecule has 5 heteroatoms. The van der Waals surface area contributed by atoms with E-state index in [1.54, 1.807) is 11.8 Å². The van der Waals surface area contributed by atoms with E-state index in [9.17, 15) is 14.0 Å². The summed E-state index contributed by atoms with van der Waals surface area (Å²) in [4.78, 5) is 24.8. The zero-order valence-electron chi connectivity index (χ0n) is 11.5. The number of carbonyl (C=O) groups excluding carboxylic acids is 2. The summed E-state index contributed by atoms with van der Waals surface area (Å²) in [5.74, 6) is -0.946. The minimum absolute atomic E-state index is 0.114. The SMILES string of the molecule is CC(Oc1c(F)cccc1C=O)C(=O)N1CCCCC1. The Hall–Kier alpha value is -1.91. The third-order valence-corrected chi connectivity index (χ3v) is 3.43. The van der Waals surface area contributed by atoms with Crippen LogP contribution < -0.4 is 4.74 Å². The third kappa shape index (κ3) is 3.15. The largest absolute Gasteiger partial charge is 0.477 e. The van der Waals surface area contributed by atoms with Gasteiger partial charge in [0.2, 0.25) is 0 Å². The van der Waals surface area contributed by atoms with Gasteiger partial charge in [-0.25, -0.2) is 4.39 Å². The molecule has 1 amide bonds. The summed E-state index contributed by atoms with van der Waals surface area (Å²) in [6, 6.07) is 4.10. The lowest BCUT2D eigenvalue weighted by Gasteiger charge is -2.29. The van der Waals surface area contributed by atoms with Crippen LogP contribution in [0.4, 0.5) is 4.39 Å². The average molecular weight is 279 g/mol. The fraction of sp³-hybridized carbons (Fsp3) is 0.467. The van der Waals surface area contributed by atoms with Crippen LogP contribution in [-0.4, -0.2) is 36.3 Å². The number of carbonyl (C=O) groups is 2. The summed E-state index contributed by atoms with van der Waals surface area (Å²) in [5.41, 5.74) is 0.114. The Morgan fingerprint density at radius 1 is 1.35 bits per heavy atom. The smallest absolute Gasteiger partial charge is 0.263 e. The number of hydrogen-bond acceptors (Lipinski definition) is 3. The molecule has 20 heavy (non-hydrogen) atoms. The zero-order chi connectivity index (χ0) is 14.5. The third-order valence-electron chi connectivity index (χ3n) is 3.43. The lowest BCUT2D eigenvalue weighted by Crippen LogP contribution is -2.43. The lowest BCUT2D eigenvalue weighted by molar-refractivity contribution is -0.138. The molecule has 0 bridgehead atoms. The molecule has 1 atom stereocenters. The number of nitrogens with zero attached hydrogens (tertiary/aromatic N) is 1. The van der Waals surface area contributed by atoms with Crippen molar-refractivity contribution in [3.05, 3.63) is 29.6 Å². The number of halogens is 1. The maximum Gasteiger partial charge on any atom is 0.263 e. The molecule has 1 saturated heterocycles. The predicted molar refractivity (Wildman–Crippen MR) is 72.3 cm³/mol. The maximum atomic E-state index is 13.7. The number of rotatable bonds is 4. The standard InChI is InChI=1S/C15H18FNO3/c1-11(15(19)17-8-3-2-4-9-17)20-14-12(10-18)6-5-7-13(14)16/h5-7,10-11H,2-4,8-9H2,1H3. The molecule has 108 valence electrons. The number of para-hydroxylation sites is 1. The van der Waals surface area contributed by atoms with E-state index in [1.807, 2.05) is 0 Å². The Morgan fingerprint density at radius 2 is 2.05 bits per heavy atom. The predicted octanol–water partition coefficient (Wildman–Crippen LogP) is 2.42. The van der Waals surface area contributed by atoms with E-state index in [0.29, 0.717) is 19.4 Å². The Labute approximate surface area is 117 Å². The second-order valence-corrected chi connectivity index (χ2v) is 4.92. The second kappa shape index (κ2) is 6.50. The van der Waals surface area contributed by atoms with Gasteiger partial charge in [0, 0.05) is 13.1 Å². The normalized spacial score (nSPS) is 16.6. The topological polar surface area (TPSA) is 46.6 Å². The molecule has 0 aromatic heterocycles. The minimum atomic E-state index is -0.802. The fourth-order valence-corrected chi connectivity index (χ4v) is 2.34. The van der Waals surface area contributed by atoms with Crippen molar-refractivity contribution in [1.82, 2.24) is 4.90 Å². The maximum absolute atomic E-state index is 13.7. The fourth-order valence-electron chi connectivity index (χ4n) is 2.34. The first-order valence-corrected chi connectivity index (χ1v) is 6.82. The Balaban J connectivity index is 2.09. The van der Waals surface area contributed by atoms with Crippen LogP contribution in [0.5, 0.6) is 5.75 Å². The Kier molecular flexibility index (Phi) is 4.71. The van der Waals surface area contributed by atoms with E-state index in [0.717, 1.165) is 19.3 Å². The molecule has 1 aliphatic heterocycles. The molecule has 1 aliphatic rings. The average Bonchev–Trinajstić information content (AvgIpc) is 2.49. The lowest BCUT2D eigenvalue weighted by atomic mass is 10.1. The van der Waals surface area contributed by atoms with Gasteiger partial charge in [0.15, 0.2) is 24.0 Å². The first-order valence-electron chi connectivity index (χ1n) is 6.82. The number of ether oxygens (including phenoxy) is 1. The van der Waals surface area contributed by atoms with Gasteiger partial charge in [-0.3, -0.25) is 9.59 Å².